The SMILES string of the molecule is CC(C)(C)OC(=O)N1CC2CCC(Cc3ccc(Cl)nn3)C2C1. The second-order valence-electron chi connectivity index (χ2n) is 7.70. The lowest BCUT2D eigenvalue weighted by atomic mass is 9.89. The van der Waals surface area contributed by atoms with E-state index in [1.165, 1.54) is 12.8 Å². The summed E-state index contributed by atoms with van der Waals surface area (Å²) in [4.78, 5) is 14.1. The van der Waals surface area contributed by atoms with Gasteiger partial charge in [0.1, 0.15) is 5.60 Å². The fourth-order valence-electron chi connectivity index (χ4n) is 3.83. The van der Waals surface area contributed by atoms with E-state index in [2.05, 4.69) is 10.2 Å². The molecule has 0 spiro atoms. The van der Waals surface area contributed by atoms with Gasteiger partial charge < -0.3 is 9.64 Å². The number of hydrogen-bond donors (Lipinski definition) is 0. The van der Waals surface area contributed by atoms with Crippen molar-refractivity contribution in [3.63, 3.8) is 0 Å². The van der Waals surface area contributed by atoms with E-state index in [-0.39, 0.29) is 6.09 Å². The fourth-order valence-corrected chi connectivity index (χ4v) is 3.93. The summed E-state index contributed by atoms with van der Waals surface area (Å²) in [5.41, 5.74) is 0.545. The minimum absolute atomic E-state index is 0.183. The smallest absolute Gasteiger partial charge is 0.410 e. The monoisotopic (exact) mass is 337 g/mol. The third-order valence-electron chi connectivity index (χ3n) is 4.82. The zero-order valence-electron chi connectivity index (χ0n) is 14.0. The Morgan fingerprint density at radius 1 is 1.30 bits per heavy atom. The van der Waals surface area contributed by atoms with Crippen molar-refractivity contribution in [3.05, 3.63) is 23.0 Å². The van der Waals surface area contributed by atoms with E-state index < -0.39 is 5.60 Å². The normalized spacial score (nSPS) is 27.1. The van der Waals surface area contributed by atoms with Crippen LogP contribution >= 0.6 is 11.6 Å². The third-order valence-corrected chi connectivity index (χ3v) is 5.02. The molecule has 3 atom stereocenters. The van der Waals surface area contributed by atoms with Gasteiger partial charge in [0, 0.05) is 13.1 Å². The molecule has 6 heteroatoms. The van der Waals surface area contributed by atoms with E-state index in [1.54, 1.807) is 6.07 Å². The van der Waals surface area contributed by atoms with Gasteiger partial charge in [-0.1, -0.05) is 11.6 Å². The molecule has 0 N–H and O–H groups in total. The number of hydrogen-bond acceptors (Lipinski definition) is 4. The maximum atomic E-state index is 12.3. The number of ether oxygens (including phenoxy) is 1. The van der Waals surface area contributed by atoms with Crippen LogP contribution in [0.1, 0.15) is 39.3 Å². The van der Waals surface area contributed by atoms with Gasteiger partial charge in [0.2, 0.25) is 0 Å². The Kier molecular flexibility index (Phi) is 4.50. The van der Waals surface area contributed by atoms with Crippen molar-refractivity contribution in [1.29, 1.82) is 0 Å². The number of aromatic nitrogens is 2. The van der Waals surface area contributed by atoms with Crippen LogP contribution in [0, 0.1) is 17.8 Å². The first-order chi connectivity index (χ1) is 10.8. The van der Waals surface area contributed by atoms with E-state index in [4.69, 9.17) is 16.3 Å². The molecule has 0 aromatic carbocycles. The number of carbonyl (C=O) groups is 1. The predicted octanol–water partition coefficient (Wildman–Crippen LogP) is 3.57. The van der Waals surface area contributed by atoms with Crippen molar-refractivity contribution < 1.29 is 9.53 Å². The number of nitrogens with zero attached hydrogens (tertiary/aromatic N) is 3. The quantitative estimate of drug-likeness (QED) is 0.828. The Bertz CT molecular complexity index is 570. The minimum Gasteiger partial charge on any atom is -0.444 e. The largest absolute Gasteiger partial charge is 0.444 e. The molecule has 1 aromatic heterocycles. The second kappa shape index (κ2) is 6.27. The van der Waals surface area contributed by atoms with Crippen molar-refractivity contribution in [2.75, 3.05) is 13.1 Å². The fraction of sp³-hybridized carbons (Fsp3) is 0.706. The lowest BCUT2D eigenvalue weighted by Crippen LogP contribution is -2.36. The lowest BCUT2D eigenvalue weighted by molar-refractivity contribution is 0.0276. The maximum Gasteiger partial charge on any atom is 0.410 e. The van der Waals surface area contributed by atoms with Crippen LogP contribution < -0.4 is 0 Å². The number of halogens is 1. The van der Waals surface area contributed by atoms with E-state index >= 15 is 0 Å². The third kappa shape index (κ3) is 3.94. The molecular weight excluding hydrogens is 314 g/mol. The van der Waals surface area contributed by atoms with Crippen molar-refractivity contribution >= 4 is 17.7 Å². The van der Waals surface area contributed by atoms with E-state index in [0.717, 1.165) is 25.2 Å². The van der Waals surface area contributed by atoms with Gasteiger partial charge in [-0.3, -0.25) is 0 Å². The molecule has 2 aliphatic rings. The van der Waals surface area contributed by atoms with Crippen molar-refractivity contribution in [1.82, 2.24) is 15.1 Å². The lowest BCUT2D eigenvalue weighted by Gasteiger charge is -2.25. The first-order valence-electron chi connectivity index (χ1n) is 8.28. The topological polar surface area (TPSA) is 55.3 Å². The van der Waals surface area contributed by atoms with Crippen molar-refractivity contribution in [3.8, 4) is 0 Å². The van der Waals surface area contributed by atoms with Crippen LogP contribution in [-0.2, 0) is 11.2 Å². The summed E-state index contributed by atoms with van der Waals surface area (Å²) in [6, 6.07) is 3.74. The predicted molar refractivity (Wildman–Crippen MR) is 88.3 cm³/mol. The Labute approximate surface area is 142 Å². The summed E-state index contributed by atoms with van der Waals surface area (Å²) in [5, 5.41) is 8.52. The van der Waals surface area contributed by atoms with Crippen LogP contribution in [0.3, 0.4) is 0 Å². The Morgan fingerprint density at radius 3 is 2.74 bits per heavy atom. The molecule has 1 aliphatic carbocycles. The number of likely N-dealkylation sites (tertiary alicyclic amines) is 1. The summed E-state index contributed by atoms with van der Waals surface area (Å²) in [6.45, 7) is 7.34. The Balaban J connectivity index is 1.60. The summed E-state index contributed by atoms with van der Waals surface area (Å²) in [7, 11) is 0. The minimum atomic E-state index is -0.437. The van der Waals surface area contributed by atoms with Gasteiger partial charge in [-0.15, -0.1) is 5.10 Å². The highest BCUT2D eigenvalue weighted by molar-refractivity contribution is 6.29. The summed E-state index contributed by atoms with van der Waals surface area (Å²) in [6.07, 6.45) is 3.10. The van der Waals surface area contributed by atoms with Crippen LogP contribution in [0.4, 0.5) is 4.79 Å². The highest BCUT2D eigenvalue weighted by Gasteiger charge is 2.44. The molecule has 1 aliphatic heterocycles. The summed E-state index contributed by atoms with van der Waals surface area (Å²) < 4.78 is 5.50. The molecule has 3 unspecified atom stereocenters. The molecule has 126 valence electrons. The molecule has 3 rings (SSSR count). The molecular formula is C17H24ClN3O2. The van der Waals surface area contributed by atoms with Crippen molar-refractivity contribution in [2.45, 2.75) is 45.6 Å². The number of fused-ring (bicyclic) bond motifs is 1. The molecule has 1 aromatic rings. The highest BCUT2D eigenvalue weighted by atomic mass is 35.5. The standard InChI is InChI=1S/C17H24ClN3O2/c1-17(2,3)23-16(22)21-9-12-5-4-11(14(12)10-21)8-13-6-7-15(18)20-19-13/h6-7,11-12,14H,4-5,8-10H2,1-3H3. The Hall–Kier alpha value is -1.36. The van der Waals surface area contributed by atoms with Gasteiger partial charge in [-0.05, 0) is 69.9 Å². The number of carbonyl (C=O) groups excluding carboxylic acids is 1. The average Bonchev–Trinajstić information content (AvgIpc) is 3.01. The van der Waals surface area contributed by atoms with Gasteiger partial charge in [0.25, 0.3) is 0 Å². The number of rotatable bonds is 2. The molecule has 1 saturated heterocycles. The van der Waals surface area contributed by atoms with Crippen LogP contribution in [0.15, 0.2) is 12.1 Å². The molecule has 5 nitrogen and oxygen atoms in total. The average molecular weight is 338 g/mol. The number of amides is 1. The first-order valence-corrected chi connectivity index (χ1v) is 8.65. The zero-order chi connectivity index (χ0) is 16.6. The van der Waals surface area contributed by atoms with Crippen LogP contribution in [0.5, 0.6) is 0 Å². The molecule has 1 amide bonds. The summed E-state index contributed by atoms with van der Waals surface area (Å²) >= 11 is 5.79. The van der Waals surface area contributed by atoms with Crippen molar-refractivity contribution in [2.24, 2.45) is 17.8 Å². The maximum absolute atomic E-state index is 12.3. The zero-order valence-corrected chi connectivity index (χ0v) is 14.7. The summed E-state index contributed by atoms with van der Waals surface area (Å²) in [5.74, 6) is 1.69. The van der Waals surface area contributed by atoms with E-state index in [0.29, 0.717) is 22.9 Å². The van der Waals surface area contributed by atoms with Gasteiger partial charge in [0.15, 0.2) is 5.15 Å². The Morgan fingerprint density at radius 2 is 2.09 bits per heavy atom. The molecule has 1 saturated carbocycles. The molecule has 2 fully saturated rings. The van der Waals surface area contributed by atoms with Gasteiger partial charge in [-0.2, -0.15) is 5.10 Å². The van der Waals surface area contributed by atoms with Crippen LogP contribution in [0.25, 0.3) is 0 Å². The first kappa shape index (κ1) is 16.5. The highest BCUT2D eigenvalue weighted by Crippen LogP contribution is 2.43. The van der Waals surface area contributed by atoms with E-state index in [1.807, 2.05) is 31.7 Å². The van der Waals surface area contributed by atoms with Gasteiger partial charge in [-0.25, -0.2) is 4.79 Å². The second-order valence-corrected chi connectivity index (χ2v) is 8.09. The van der Waals surface area contributed by atoms with E-state index in [9.17, 15) is 4.79 Å². The molecule has 0 bridgehead atoms. The van der Waals surface area contributed by atoms with Crippen LogP contribution in [0.2, 0.25) is 5.15 Å². The molecule has 0 radical (unpaired) electrons. The van der Waals surface area contributed by atoms with Gasteiger partial charge in [0.05, 0.1) is 5.69 Å². The van der Waals surface area contributed by atoms with Gasteiger partial charge >= 0.3 is 6.09 Å². The molecule has 23 heavy (non-hydrogen) atoms. The van der Waals surface area contributed by atoms with Crippen LogP contribution in [-0.4, -0.2) is 39.9 Å². The molecule has 2 heterocycles.